The maximum atomic E-state index is 13.8. The molecule has 0 bridgehead atoms. The highest BCUT2D eigenvalue weighted by molar-refractivity contribution is 5.85. The maximum Gasteiger partial charge on any atom is 0.149 e. The quantitative estimate of drug-likeness (QED) is 0.472. The van der Waals surface area contributed by atoms with E-state index in [2.05, 4.69) is 24.0 Å². The van der Waals surface area contributed by atoms with Crippen molar-refractivity contribution in [2.24, 2.45) is 0 Å². The van der Waals surface area contributed by atoms with Crippen LogP contribution in [0.4, 0.5) is 4.39 Å². The highest BCUT2D eigenvalue weighted by Gasteiger charge is 2.07. The van der Waals surface area contributed by atoms with Crippen LogP contribution in [0.2, 0.25) is 0 Å². The molecule has 0 fully saturated rings. The summed E-state index contributed by atoms with van der Waals surface area (Å²) in [6.45, 7) is 3.47. The molecule has 3 nitrogen and oxygen atoms in total. The van der Waals surface area contributed by atoms with Gasteiger partial charge in [0, 0.05) is 18.0 Å². The molecule has 0 spiro atoms. The second-order valence-electron chi connectivity index (χ2n) is 6.24. The largest absolute Gasteiger partial charge is 0.494 e. The summed E-state index contributed by atoms with van der Waals surface area (Å²) < 4.78 is 25.4. The van der Waals surface area contributed by atoms with E-state index in [4.69, 9.17) is 9.47 Å². The molecule has 3 aromatic rings. The minimum Gasteiger partial charge on any atom is -0.494 e. The van der Waals surface area contributed by atoms with Crippen LogP contribution in [-0.2, 0) is 6.42 Å². The van der Waals surface area contributed by atoms with Gasteiger partial charge < -0.3 is 9.47 Å². The molecule has 4 heteroatoms. The van der Waals surface area contributed by atoms with Crippen LogP contribution in [0.1, 0.15) is 31.7 Å². The highest BCUT2D eigenvalue weighted by Crippen LogP contribution is 2.25. The molecule has 2 aromatic carbocycles. The summed E-state index contributed by atoms with van der Waals surface area (Å²) >= 11 is 0. The van der Waals surface area contributed by atoms with E-state index in [1.807, 2.05) is 18.2 Å². The molecule has 0 aliphatic rings. The van der Waals surface area contributed by atoms with Crippen molar-refractivity contribution in [1.29, 1.82) is 0 Å². The van der Waals surface area contributed by atoms with E-state index < -0.39 is 0 Å². The number of fused-ring (bicyclic) bond motifs is 1. The number of halogens is 1. The van der Waals surface area contributed by atoms with Crippen molar-refractivity contribution in [1.82, 2.24) is 4.98 Å². The molecule has 0 aliphatic carbocycles. The number of pyridine rings is 1. The first-order chi connectivity index (χ1) is 12.8. The van der Waals surface area contributed by atoms with Gasteiger partial charge in [-0.3, -0.25) is 4.98 Å². The van der Waals surface area contributed by atoms with Gasteiger partial charge in [-0.05, 0) is 42.3 Å². The lowest BCUT2D eigenvalue weighted by molar-refractivity contribution is 0.306. The van der Waals surface area contributed by atoms with Gasteiger partial charge in [0.1, 0.15) is 22.8 Å². The maximum absolute atomic E-state index is 13.8. The van der Waals surface area contributed by atoms with Crippen molar-refractivity contribution in [3.05, 3.63) is 66.1 Å². The van der Waals surface area contributed by atoms with E-state index in [1.54, 1.807) is 18.3 Å². The molecule has 1 heterocycles. The number of para-hydroxylation sites is 1. The zero-order valence-corrected chi connectivity index (χ0v) is 15.1. The fourth-order valence-electron chi connectivity index (χ4n) is 2.81. The Kier molecular flexibility index (Phi) is 6.42. The zero-order chi connectivity index (χ0) is 18.2. The third-order valence-electron chi connectivity index (χ3n) is 4.27. The Morgan fingerprint density at radius 2 is 1.77 bits per heavy atom. The van der Waals surface area contributed by atoms with Crippen LogP contribution < -0.4 is 9.47 Å². The number of aromatic nitrogens is 1. The van der Waals surface area contributed by atoms with Crippen LogP contribution in [0.3, 0.4) is 0 Å². The molecule has 136 valence electrons. The van der Waals surface area contributed by atoms with Crippen LogP contribution in [0.25, 0.3) is 10.9 Å². The average Bonchev–Trinajstić information content (AvgIpc) is 2.67. The summed E-state index contributed by atoms with van der Waals surface area (Å²) in [6, 6.07) is 14.8. The minimum absolute atomic E-state index is 0.331. The molecule has 0 saturated carbocycles. The first-order valence-corrected chi connectivity index (χ1v) is 9.15. The van der Waals surface area contributed by atoms with Gasteiger partial charge in [-0.2, -0.15) is 0 Å². The third kappa shape index (κ3) is 4.72. The van der Waals surface area contributed by atoms with Gasteiger partial charge in [-0.25, -0.2) is 4.39 Å². The summed E-state index contributed by atoms with van der Waals surface area (Å²) in [6.07, 6.45) is 5.83. The lowest BCUT2D eigenvalue weighted by atomic mass is 10.1. The second kappa shape index (κ2) is 9.18. The number of ether oxygens (including phenoxy) is 2. The SMILES string of the molecule is CCCCCOc1ccc(CCOc2ccnc3c(F)cccc23)cc1. The fraction of sp³-hybridized carbons (Fsp3) is 0.318. The molecular formula is C22H24FNO2. The van der Waals surface area contributed by atoms with Gasteiger partial charge in [0.25, 0.3) is 0 Å². The van der Waals surface area contributed by atoms with E-state index in [0.717, 1.165) is 25.2 Å². The minimum atomic E-state index is -0.331. The van der Waals surface area contributed by atoms with Gasteiger partial charge in [0.05, 0.1) is 13.2 Å². The topological polar surface area (TPSA) is 31.4 Å². The molecule has 0 atom stereocenters. The number of unbranched alkanes of at least 4 members (excludes halogenated alkanes) is 2. The van der Waals surface area contributed by atoms with E-state index in [9.17, 15) is 4.39 Å². The smallest absolute Gasteiger partial charge is 0.149 e. The Hall–Kier alpha value is -2.62. The molecule has 0 unspecified atom stereocenters. The Labute approximate surface area is 153 Å². The Morgan fingerprint density at radius 1 is 0.923 bits per heavy atom. The number of benzene rings is 2. The van der Waals surface area contributed by atoms with Gasteiger partial charge in [-0.15, -0.1) is 0 Å². The summed E-state index contributed by atoms with van der Waals surface area (Å²) in [7, 11) is 0. The molecule has 0 saturated heterocycles. The van der Waals surface area contributed by atoms with Crippen molar-refractivity contribution < 1.29 is 13.9 Å². The number of rotatable bonds is 9. The van der Waals surface area contributed by atoms with Crippen molar-refractivity contribution >= 4 is 10.9 Å². The normalized spacial score (nSPS) is 10.8. The van der Waals surface area contributed by atoms with Crippen molar-refractivity contribution in [3.8, 4) is 11.5 Å². The lowest BCUT2D eigenvalue weighted by Crippen LogP contribution is -2.02. The molecule has 1 aromatic heterocycles. The van der Waals surface area contributed by atoms with Crippen LogP contribution in [0, 0.1) is 5.82 Å². The van der Waals surface area contributed by atoms with E-state index in [-0.39, 0.29) is 5.82 Å². The van der Waals surface area contributed by atoms with Crippen molar-refractivity contribution in [2.75, 3.05) is 13.2 Å². The standard InChI is InChI=1S/C22H24FNO2/c1-2-3-4-15-25-18-10-8-17(9-11-18)13-16-26-21-12-14-24-22-19(21)6-5-7-20(22)23/h5-12,14H,2-4,13,15-16H2,1H3. The number of hydrogen-bond acceptors (Lipinski definition) is 3. The zero-order valence-electron chi connectivity index (χ0n) is 15.1. The van der Waals surface area contributed by atoms with Crippen LogP contribution in [0.5, 0.6) is 11.5 Å². The molecule has 26 heavy (non-hydrogen) atoms. The van der Waals surface area contributed by atoms with E-state index in [0.29, 0.717) is 23.3 Å². The second-order valence-corrected chi connectivity index (χ2v) is 6.24. The molecule has 0 amide bonds. The monoisotopic (exact) mass is 353 g/mol. The predicted molar refractivity (Wildman–Crippen MR) is 102 cm³/mol. The van der Waals surface area contributed by atoms with E-state index in [1.165, 1.54) is 24.5 Å². The number of hydrogen-bond donors (Lipinski definition) is 0. The van der Waals surface area contributed by atoms with Gasteiger partial charge >= 0.3 is 0 Å². The molecule has 0 N–H and O–H groups in total. The summed E-state index contributed by atoms with van der Waals surface area (Å²) in [5, 5.41) is 0.698. The lowest BCUT2D eigenvalue weighted by Gasteiger charge is -2.10. The highest BCUT2D eigenvalue weighted by atomic mass is 19.1. The first kappa shape index (κ1) is 18.2. The van der Waals surface area contributed by atoms with Crippen molar-refractivity contribution in [3.63, 3.8) is 0 Å². The molecule has 3 rings (SSSR count). The van der Waals surface area contributed by atoms with Crippen LogP contribution >= 0.6 is 0 Å². The van der Waals surface area contributed by atoms with Gasteiger partial charge in [-0.1, -0.05) is 38.0 Å². The van der Waals surface area contributed by atoms with E-state index >= 15 is 0 Å². The fourth-order valence-corrected chi connectivity index (χ4v) is 2.81. The Bertz CT molecular complexity index is 833. The predicted octanol–water partition coefficient (Wildman–Crippen LogP) is 5.56. The first-order valence-electron chi connectivity index (χ1n) is 9.15. The van der Waals surface area contributed by atoms with Gasteiger partial charge in [0.15, 0.2) is 0 Å². The van der Waals surface area contributed by atoms with Crippen LogP contribution in [-0.4, -0.2) is 18.2 Å². The third-order valence-corrected chi connectivity index (χ3v) is 4.27. The summed E-state index contributed by atoms with van der Waals surface area (Å²) in [5.41, 5.74) is 1.52. The molecule has 0 aliphatic heterocycles. The van der Waals surface area contributed by atoms with Crippen LogP contribution in [0.15, 0.2) is 54.7 Å². The summed E-state index contributed by atoms with van der Waals surface area (Å²) in [4.78, 5) is 4.08. The van der Waals surface area contributed by atoms with Gasteiger partial charge in [0.2, 0.25) is 0 Å². The molecule has 0 radical (unpaired) electrons. The molecular weight excluding hydrogens is 329 g/mol. The Balaban J connectivity index is 1.53. The van der Waals surface area contributed by atoms with Crippen molar-refractivity contribution in [2.45, 2.75) is 32.6 Å². The summed E-state index contributed by atoms with van der Waals surface area (Å²) in [5.74, 6) is 1.23. The average molecular weight is 353 g/mol. The Morgan fingerprint density at radius 3 is 2.58 bits per heavy atom. The number of nitrogens with zero attached hydrogens (tertiary/aromatic N) is 1.